The fourth-order valence-corrected chi connectivity index (χ4v) is 5.35. The number of furan rings is 1. The molecule has 0 fully saturated rings. The molecule has 40 heavy (non-hydrogen) atoms. The number of benzene rings is 4. The Morgan fingerprint density at radius 3 is 1.75 bits per heavy atom. The van der Waals surface area contributed by atoms with Gasteiger partial charge < -0.3 is 8.83 Å². The number of aryl methyl sites for hydroxylation is 2. The smallest absolute Gasteiger partial charge is 0.227 e. The Bertz CT molecular complexity index is 1940. The zero-order chi connectivity index (χ0) is 26.5. The molecule has 0 radical (unpaired) electrons. The quantitative estimate of drug-likeness (QED) is 0.235. The molecular formula is C34H22N4O2. The van der Waals surface area contributed by atoms with E-state index in [0.717, 1.165) is 68.8 Å². The van der Waals surface area contributed by atoms with Crippen LogP contribution in [0.3, 0.4) is 0 Å². The molecule has 6 heteroatoms. The van der Waals surface area contributed by atoms with Gasteiger partial charge in [-0.25, -0.2) is 19.9 Å². The first kappa shape index (κ1) is 22.6. The predicted octanol–water partition coefficient (Wildman–Crippen LogP) is 8.04. The molecule has 3 aromatic heterocycles. The van der Waals surface area contributed by atoms with Crippen molar-refractivity contribution in [2.24, 2.45) is 0 Å². The minimum Gasteiger partial charge on any atom is -0.459 e. The maximum Gasteiger partial charge on any atom is 0.227 e. The van der Waals surface area contributed by atoms with E-state index in [0.29, 0.717) is 23.4 Å². The molecule has 0 spiro atoms. The van der Waals surface area contributed by atoms with E-state index in [-0.39, 0.29) is 0 Å². The highest BCUT2D eigenvalue weighted by molar-refractivity contribution is 6.02. The fraction of sp³-hybridized carbons (Fsp3) is 0.0588. The SMILES string of the molecule is c1ccc(-c2nc(-c3ccccc3)nc(-c3cccc4c5c(oc34)CCc3nc(-c4ccccc4)oc3-5)n2)cc1. The first-order chi connectivity index (χ1) is 19.8. The minimum atomic E-state index is 0.562. The van der Waals surface area contributed by atoms with Crippen LogP contribution in [-0.4, -0.2) is 19.9 Å². The number of aromatic nitrogens is 4. The number of fused-ring (bicyclic) bond motifs is 5. The van der Waals surface area contributed by atoms with Gasteiger partial charge in [0.15, 0.2) is 23.2 Å². The van der Waals surface area contributed by atoms with Gasteiger partial charge in [0.1, 0.15) is 11.3 Å². The Morgan fingerprint density at radius 1 is 0.500 bits per heavy atom. The largest absolute Gasteiger partial charge is 0.459 e. The molecule has 0 saturated heterocycles. The number of nitrogens with zero attached hydrogens (tertiary/aromatic N) is 4. The van der Waals surface area contributed by atoms with Crippen molar-refractivity contribution in [3.05, 3.63) is 121 Å². The fourth-order valence-electron chi connectivity index (χ4n) is 5.35. The van der Waals surface area contributed by atoms with E-state index in [4.69, 9.17) is 28.8 Å². The lowest BCUT2D eigenvalue weighted by molar-refractivity contribution is 0.533. The van der Waals surface area contributed by atoms with Crippen LogP contribution in [0.2, 0.25) is 0 Å². The summed E-state index contributed by atoms with van der Waals surface area (Å²) in [5.74, 6) is 4.09. The van der Waals surface area contributed by atoms with Crippen LogP contribution in [0.15, 0.2) is 118 Å². The second-order valence-corrected chi connectivity index (χ2v) is 9.78. The number of oxazole rings is 1. The third-order valence-electron chi connectivity index (χ3n) is 7.26. The summed E-state index contributed by atoms with van der Waals surface area (Å²) in [5.41, 5.74) is 6.28. The zero-order valence-electron chi connectivity index (χ0n) is 21.4. The van der Waals surface area contributed by atoms with E-state index in [2.05, 4.69) is 6.07 Å². The summed E-state index contributed by atoms with van der Waals surface area (Å²) >= 11 is 0. The Hall–Kier alpha value is -5.36. The molecule has 190 valence electrons. The topological polar surface area (TPSA) is 77.8 Å². The van der Waals surface area contributed by atoms with Crippen molar-refractivity contribution in [2.75, 3.05) is 0 Å². The van der Waals surface area contributed by atoms with Gasteiger partial charge >= 0.3 is 0 Å². The molecule has 4 aromatic carbocycles. The van der Waals surface area contributed by atoms with Crippen LogP contribution in [0.25, 0.3) is 67.9 Å². The average Bonchev–Trinajstić information content (AvgIpc) is 3.64. The molecule has 6 nitrogen and oxygen atoms in total. The van der Waals surface area contributed by atoms with E-state index < -0.39 is 0 Å². The molecule has 0 atom stereocenters. The predicted molar refractivity (Wildman–Crippen MR) is 154 cm³/mol. The van der Waals surface area contributed by atoms with Crippen LogP contribution in [0.4, 0.5) is 0 Å². The van der Waals surface area contributed by atoms with Crippen molar-refractivity contribution < 1.29 is 8.83 Å². The maximum atomic E-state index is 6.55. The molecule has 1 aliphatic carbocycles. The third kappa shape index (κ3) is 3.73. The van der Waals surface area contributed by atoms with Crippen molar-refractivity contribution in [1.82, 2.24) is 19.9 Å². The lowest BCUT2D eigenvalue weighted by Crippen LogP contribution is -2.00. The van der Waals surface area contributed by atoms with Crippen molar-refractivity contribution in [1.29, 1.82) is 0 Å². The summed E-state index contributed by atoms with van der Waals surface area (Å²) in [7, 11) is 0. The standard InChI is InChI=1S/C34H22N4O2/c1-4-11-21(12-5-1)31-36-32(22-13-6-2-7-14-22)38-33(37-31)25-18-10-17-24-28-27(39-29(24)25)20-19-26-30(28)40-34(35-26)23-15-8-3-9-16-23/h1-18H,19-20H2. The first-order valence-electron chi connectivity index (χ1n) is 13.3. The van der Waals surface area contributed by atoms with Gasteiger partial charge in [-0.05, 0) is 18.2 Å². The minimum absolute atomic E-state index is 0.562. The monoisotopic (exact) mass is 518 g/mol. The molecular weight excluding hydrogens is 496 g/mol. The lowest BCUT2D eigenvalue weighted by atomic mass is 9.96. The van der Waals surface area contributed by atoms with Gasteiger partial charge in [0.2, 0.25) is 5.89 Å². The van der Waals surface area contributed by atoms with Crippen molar-refractivity contribution in [3.8, 4) is 56.9 Å². The highest BCUT2D eigenvalue weighted by Gasteiger charge is 2.30. The number of hydrogen-bond donors (Lipinski definition) is 0. The lowest BCUT2D eigenvalue weighted by Gasteiger charge is -2.08. The highest BCUT2D eigenvalue weighted by Crippen LogP contribution is 2.44. The van der Waals surface area contributed by atoms with Gasteiger partial charge in [-0.15, -0.1) is 0 Å². The molecule has 0 unspecified atom stereocenters. The molecule has 0 amide bonds. The zero-order valence-corrected chi connectivity index (χ0v) is 21.4. The molecule has 1 aliphatic rings. The second-order valence-electron chi connectivity index (χ2n) is 9.78. The molecule has 8 rings (SSSR count). The summed E-state index contributed by atoms with van der Waals surface area (Å²) in [6, 6.07) is 36.0. The van der Waals surface area contributed by atoms with Gasteiger partial charge in [0.25, 0.3) is 0 Å². The van der Waals surface area contributed by atoms with Gasteiger partial charge in [-0.1, -0.05) is 91.0 Å². The van der Waals surface area contributed by atoms with Crippen LogP contribution in [0.1, 0.15) is 11.5 Å². The Balaban J connectivity index is 1.32. The summed E-state index contributed by atoms with van der Waals surface area (Å²) in [6.45, 7) is 0. The molecule has 7 aromatic rings. The van der Waals surface area contributed by atoms with Gasteiger partial charge in [0, 0.05) is 34.9 Å². The Labute approximate surface area is 230 Å². The maximum absolute atomic E-state index is 6.55. The van der Waals surface area contributed by atoms with E-state index in [1.165, 1.54) is 0 Å². The van der Waals surface area contributed by atoms with Gasteiger partial charge in [0.05, 0.1) is 16.8 Å². The van der Waals surface area contributed by atoms with Gasteiger partial charge in [-0.2, -0.15) is 0 Å². The molecule has 3 heterocycles. The summed E-state index contributed by atoms with van der Waals surface area (Å²) in [6.07, 6.45) is 1.51. The van der Waals surface area contributed by atoms with Crippen LogP contribution >= 0.6 is 0 Å². The van der Waals surface area contributed by atoms with Crippen LogP contribution in [0, 0.1) is 0 Å². The average molecular weight is 519 g/mol. The number of rotatable bonds is 4. The van der Waals surface area contributed by atoms with E-state index in [1.54, 1.807) is 0 Å². The van der Waals surface area contributed by atoms with Crippen molar-refractivity contribution >= 4 is 11.0 Å². The number of para-hydroxylation sites is 1. The number of hydrogen-bond acceptors (Lipinski definition) is 6. The first-order valence-corrected chi connectivity index (χ1v) is 13.3. The molecule has 0 saturated carbocycles. The summed E-state index contributed by atoms with van der Waals surface area (Å²) < 4.78 is 12.9. The normalized spacial score (nSPS) is 12.3. The second kappa shape index (κ2) is 9.13. The Kier molecular flexibility index (Phi) is 5.16. The van der Waals surface area contributed by atoms with Crippen LogP contribution in [0.5, 0.6) is 0 Å². The van der Waals surface area contributed by atoms with Crippen LogP contribution in [-0.2, 0) is 12.8 Å². The molecule has 0 bridgehead atoms. The van der Waals surface area contributed by atoms with E-state index >= 15 is 0 Å². The Morgan fingerprint density at radius 2 is 1.10 bits per heavy atom. The highest BCUT2D eigenvalue weighted by atomic mass is 16.4. The van der Waals surface area contributed by atoms with Crippen molar-refractivity contribution in [3.63, 3.8) is 0 Å². The van der Waals surface area contributed by atoms with E-state index in [1.807, 2.05) is 103 Å². The summed E-state index contributed by atoms with van der Waals surface area (Å²) in [4.78, 5) is 19.5. The third-order valence-corrected chi connectivity index (χ3v) is 7.26. The van der Waals surface area contributed by atoms with E-state index in [9.17, 15) is 0 Å². The van der Waals surface area contributed by atoms with Crippen molar-refractivity contribution in [2.45, 2.75) is 12.8 Å². The van der Waals surface area contributed by atoms with Crippen LogP contribution < -0.4 is 0 Å². The molecule has 0 N–H and O–H groups in total. The van der Waals surface area contributed by atoms with Gasteiger partial charge in [-0.3, -0.25) is 0 Å². The summed E-state index contributed by atoms with van der Waals surface area (Å²) in [5, 5.41) is 0.965. The molecule has 0 aliphatic heterocycles.